The van der Waals surface area contributed by atoms with Crippen molar-refractivity contribution in [3.8, 4) is 40.1 Å². The summed E-state index contributed by atoms with van der Waals surface area (Å²) in [6.07, 6.45) is -10.8. The molecule has 8 atom stereocenters. The average Bonchev–Trinajstić information content (AvgIpc) is 3.88. The predicted octanol–water partition coefficient (Wildman–Crippen LogP) is 0.384. The highest BCUT2D eigenvalue weighted by Gasteiger charge is 2.59. The van der Waals surface area contributed by atoms with Gasteiger partial charge in [-0.1, -0.05) is 12.1 Å². The first kappa shape index (κ1) is 40.3. The summed E-state index contributed by atoms with van der Waals surface area (Å²) in [7, 11) is 0. The third kappa shape index (κ3) is 8.10. The molecule has 0 aliphatic carbocycles. The van der Waals surface area contributed by atoms with Crippen molar-refractivity contribution in [2.24, 2.45) is 0 Å². The maximum atomic E-state index is 13.6. The summed E-state index contributed by atoms with van der Waals surface area (Å²) in [6.45, 7) is -0.104. The lowest BCUT2D eigenvalue weighted by Gasteiger charge is -2.47. The molecular formula is C39H42N4O15. The predicted molar refractivity (Wildman–Crippen MR) is 202 cm³/mol. The molecule has 4 heterocycles. The van der Waals surface area contributed by atoms with E-state index < -0.39 is 83.7 Å². The van der Waals surface area contributed by atoms with Gasteiger partial charge in [0.15, 0.2) is 29.1 Å². The molecular weight excluding hydrogens is 764 g/mol. The molecule has 3 aromatic carbocycles. The van der Waals surface area contributed by atoms with Gasteiger partial charge in [0.25, 0.3) is 0 Å². The van der Waals surface area contributed by atoms with Crippen molar-refractivity contribution < 1.29 is 69.0 Å². The van der Waals surface area contributed by atoms with Gasteiger partial charge in [-0.05, 0) is 60.5 Å². The Kier molecular flexibility index (Phi) is 11.5. The Bertz CT molecular complexity index is 2310. The lowest BCUT2D eigenvalue weighted by Crippen LogP contribution is -2.70. The zero-order valence-corrected chi connectivity index (χ0v) is 30.5. The molecule has 0 radical (unpaired) electrons. The first-order valence-electron chi connectivity index (χ1n) is 18.1. The van der Waals surface area contributed by atoms with E-state index in [9.17, 15) is 50.4 Å². The summed E-state index contributed by atoms with van der Waals surface area (Å²) in [5.41, 5.74) is 3.41. The number of aromatic amines is 1. The number of aromatic hydroxyl groups is 2. The molecule has 0 bridgehead atoms. The molecule has 0 spiro atoms. The van der Waals surface area contributed by atoms with Crippen LogP contribution in [0.5, 0.6) is 28.7 Å². The number of carboxylic acid groups (broad SMARTS) is 1. The van der Waals surface area contributed by atoms with Crippen LogP contribution in [0.3, 0.4) is 0 Å². The minimum atomic E-state index is -2.47. The highest BCUT2D eigenvalue weighted by Crippen LogP contribution is 2.45. The fourth-order valence-corrected chi connectivity index (χ4v) is 7.04. The molecule has 2 saturated heterocycles. The van der Waals surface area contributed by atoms with Crippen LogP contribution < -0.4 is 36.0 Å². The number of nitrogen functional groups attached to an aromatic ring is 1. The molecule has 0 amide bonds. The van der Waals surface area contributed by atoms with Crippen molar-refractivity contribution in [3.63, 3.8) is 0 Å². The second-order valence-electron chi connectivity index (χ2n) is 14.0. The van der Waals surface area contributed by atoms with Crippen LogP contribution in [-0.4, -0.2) is 114 Å². The number of anilines is 1. The Balaban J connectivity index is 1.21. The van der Waals surface area contributed by atoms with Gasteiger partial charge in [-0.2, -0.15) is 0 Å². The monoisotopic (exact) mass is 806 g/mol. The fraction of sp³-hybridized carbons (Fsp3) is 0.333. The van der Waals surface area contributed by atoms with E-state index in [2.05, 4.69) is 15.6 Å². The van der Waals surface area contributed by atoms with Gasteiger partial charge >= 0.3 is 5.97 Å². The van der Waals surface area contributed by atoms with Gasteiger partial charge in [0.1, 0.15) is 64.6 Å². The number of aliphatic hydroxyl groups excluding tert-OH is 4. The zero-order valence-electron chi connectivity index (χ0n) is 30.5. The highest BCUT2D eigenvalue weighted by molar-refractivity contribution is 5.89. The number of carboxylic acids is 1. The van der Waals surface area contributed by atoms with Crippen molar-refractivity contribution in [2.45, 2.75) is 61.5 Å². The number of rotatable bonds is 14. The van der Waals surface area contributed by atoms with Crippen molar-refractivity contribution in [1.82, 2.24) is 15.6 Å². The van der Waals surface area contributed by atoms with Crippen molar-refractivity contribution in [3.05, 3.63) is 94.3 Å². The summed E-state index contributed by atoms with van der Waals surface area (Å²) < 4.78 is 29.3. The number of phenols is 2. The van der Waals surface area contributed by atoms with E-state index in [1.54, 1.807) is 24.3 Å². The van der Waals surface area contributed by atoms with Crippen LogP contribution in [0.15, 0.2) is 82.0 Å². The largest absolute Gasteiger partial charge is 0.508 e. The number of ether oxygens (including phenoxy) is 4. The first-order valence-corrected chi connectivity index (χ1v) is 18.1. The van der Waals surface area contributed by atoms with Gasteiger partial charge in [0, 0.05) is 42.6 Å². The number of aliphatic hydroxyl groups is 5. The number of hydrogen-bond donors (Lipinski definition) is 12. The van der Waals surface area contributed by atoms with Gasteiger partial charge in [-0.3, -0.25) is 4.79 Å². The van der Waals surface area contributed by atoms with Crippen LogP contribution in [0.1, 0.15) is 23.8 Å². The lowest BCUT2D eigenvalue weighted by atomic mass is 9.79. The standard InChI is InChI=1S/C39H42N4O15/c40-29-9-8-23(43-29)31(47)28(15-44)55-22-6-4-19(5-7-22)25-11-24(46)30-26(56-25)12-27(34(32(30)48)54-16-18-2-1-3-21(45)10-18)57-38-33(49)35(50)39(53,36(58-38)37(51)52)13-20-14-41-17-42-20/h1-12,20,28,31,33,35-36,38,41-45,47-50,53H,13-17,40H2,(H,51,52). The molecule has 58 heavy (non-hydrogen) atoms. The van der Waals surface area contributed by atoms with E-state index in [1.807, 2.05) is 0 Å². The molecule has 2 aromatic heterocycles. The summed E-state index contributed by atoms with van der Waals surface area (Å²) in [4.78, 5) is 28.8. The van der Waals surface area contributed by atoms with E-state index >= 15 is 0 Å². The molecule has 2 aliphatic rings. The third-order valence-corrected chi connectivity index (χ3v) is 10.0. The van der Waals surface area contributed by atoms with Crippen LogP contribution in [0, 0.1) is 0 Å². The summed E-state index contributed by atoms with van der Waals surface area (Å²) >= 11 is 0. The maximum absolute atomic E-state index is 13.6. The molecule has 0 saturated carbocycles. The average molecular weight is 807 g/mol. The first-order chi connectivity index (χ1) is 27.7. The summed E-state index contributed by atoms with van der Waals surface area (Å²) in [5.74, 6) is -2.79. The third-order valence-electron chi connectivity index (χ3n) is 10.0. The minimum absolute atomic E-state index is 0.0128. The van der Waals surface area contributed by atoms with E-state index in [0.717, 1.165) is 12.1 Å². The number of H-pyrrole nitrogens is 1. The Morgan fingerprint density at radius 1 is 1.05 bits per heavy atom. The second-order valence-corrected chi connectivity index (χ2v) is 14.0. The van der Waals surface area contributed by atoms with Gasteiger partial charge in [0.2, 0.25) is 12.0 Å². The van der Waals surface area contributed by atoms with E-state index in [1.165, 1.54) is 36.4 Å². The second kappa shape index (κ2) is 16.5. The number of phenolic OH excluding ortho intramolecular Hbond substituents is 2. The van der Waals surface area contributed by atoms with Crippen LogP contribution in [0.4, 0.5) is 5.82 Å². The van der Waals surface area contributed by atoms with Crippen molar-refractivity contribution >= 4 is 22.8 Å². The smallest absolute Gasteiger partial charge is 0.336 e. The number of aliphatic carboxylic acids is 1. The van der Waals surface area contributed by atoms with Crippen LogP contribution in [0.2, 0.25) is 0 Å². The van der Waals surface area contributed by atoms with Crippen LogP contribution >= 0.6 is 0 Å². The molecule has 19 heteroatoms. The van der Waals surface area contributed by atoms with E-state index in [0.29, 0.717) is 35.9 Å². The molecule has 13 N–H and O–H groups in total. The SMILES string of the molecule is Nc1ccc(C(O)C(CO)Oc2ccc(-c3cc(=O)c4c(O)c(OCc5cccc(O)c5)c(OC5OC(C(=O)O)C(O)(CC6CNCN6)C(O)C5O)cc4o3)cc2)[nH]1. The van der Waals surface area contributed by atoms with Gasteiger partial charge in [0.05, 0.1) is 6.61 Å². The topological polar surface area (TPSA) is 312 Å². The summed E-state index contributed by atoms with van der Waals surface area (Å²) in [5, 5.41) is 91.7. The highest BCUT2D eigenvalue weighted by atomic mass is 16.7. The molecule has 7 rings (SSSR count). The van der Waals surface area contributed by atoms with Gasteiger partial charge in [-0.25, -0.2) is 4.79 Å². The Morgan fingerprint density at radius 2 is 1.83 bits per heavy atom. The molecule has 8 unspecified atom stereocenters. The van der Waals surface area contributed by atoms with Crippen LogP contribution in [0.25, 0.3) is 22.3 Å². The maximum Gasteiger partial charge on any atom is 0.336 e. The van der Waals surface area contributed by atoms with Crippen molar-refractivity contribution in [1.29, 1.82) is 0 Å². The fourth-order valence-electron chi connectivity index (χ4n) is 7.04. The number of nitrogens with one attached hydrogen (secondary N) is 3. The zero-order chi connectivity index (χ0) is 41.3. The molecule has 2 fully saturated rings. The Hall–Kier alpha value is -5.90. The lowest BCUT2D eigenvalue weighted by molar-refractivity contribution is -0.307. The number of nitrogens with two attached hydrogens (primary N) is 1. The van der Waals surface area contributed by atoms with Crippen molar-refractivity contribution in [2.75, 3.05) is 25.6 Å². The number of hydrogen-bond acceptors (Lipinski definition) is 17. The number of aromatic nitrogens is 1. The number of carbonyl (C=O) groups is 1. The molecule has 2 aliphatic heterocycles. The Labute approximate surface area is 328 Å². The van der Waals surface area contributed by atoms with Gasteiger partial charge < -0.3 is 85.6 Å². The number of fused-ring (bicyclic) bond motifs is 1. The molecule has 5 aromatic rings. The number of benzene rings is 3. The van der Waals surface area contributed by atoms with Gasteiger partial charge in [-0.15, -0.1) is 0 Å². The molecule has 308 valence electrons. The molecule has 19 nitrogen and oxygen atoms in total. The quantitative estimate of drug-likeness (QED) is 0.0722. The Morgan fingerprint density at radius 3 is 2.48 bits per heavy atom. The van der Waals surface area contributed by atoms with E-state index in [-0.39, 0.29) is 41.3 Å². The van der Waals surface area contributed by atoms with Crippen LogP contribution in [-0.2, 0) is 16.1 Å². The van der Waals surface area contributed by atoms with E-state index in [4.69, 9.17) is 29.1 Å². The minimum Gasteiger partial charge on any atom is -0.508 e. The summed E-state index contributed by atoms with van der Waals surface area (Å²) in [6, 6.07) is 17.0. The normalized spacial score (nSPS) is 24.3.